The summed E-state index contributed by atoms with van der Waals surface area (Å²) in [4.78, 5) is 2.15. The Labute approximate surface area is 147 Å². The first-order valence-corrected chi connectivity index (χ1v) is 8.30. The van der Waals surface area contributed by atoms with Crippen molar-refractivity contribution in [1.82, 2.24) is 5.43 Å². The van der Waals surface area contributed by atoms with Crippen molar-refractivity contribution in [3.63, 3.8) is 0 Å². The van der Waals surface area contributed by atoms with Gasteiger partial charge in [-0.05, 0) is 42.0 Å². The van der Waals surface area contributed by atoms with Gasteiger partial charge in [-0.15, -0.1) is 0 Å². The molecule has 4 heteroatoms. The molecule has 1 aliphatic heterocycles. The molecular formula is C20H17N3S. The van der Waals surface area contributed by atoms with Gasteiger partial charge in [-0.25, -0.2) is 10.4 Å². The lowest BCUT2D eigenvalue weighted by Gasteiger charge is -2.24. The molecule has 0 aromatic heterocycles. The molecular weight excluding hydrogens is 314 g/mol. The van der Waals surface area contributed by atoms with Crippen LogP contribution < -0.4 is 15.3 Å². The van der Waals surface area contributed by atoms with Crippen LogP contribution in [0.25, 0.3) is 0 Å². The van der Waals surface area contributed by atoms with Crippen LogP contribution in [0.4, 0.5) is 11.4 Å². The summed E-state index contributed by atoms with van der Waals surface area (Å²) in [6.45, 7) is 0. The molecule has 1 saturated heterocycles. The van der Waals surface area contributed by atoms with E-state index in [4.69, 9.17) is 12.2 Å². The summed E-state index contributed by atoms with van der Waals surface area (Å²) in [6.07, 6.45) is -0.0405. The van der Waals surface area contributed by atoms with Crippen LogP contribution in [-0.4, -0.2) is 5.11 Å². The van der Waals surface area contributed by atoms with Gasteiger partial charge in [0.2, 0.25) is 0 Å². The molecule has 1 atom stereocenters. The van der Waals surface area contributed by atoms with Gasteiger partial charge in [0.05, 0.1) is 5.69 Å². The number of benzene rings is 3. The molecule has 0 radical (unpaired) electrons. The second-order valence-corrected chi connectivity index (χ2v) is 5.97. The third kappa shape index (κ3) is 2.66. The molecule has 1 aliphatic rings. The zero-order valence-electron chi connectivity index (χ0n) is 13.0. The second kappa shape index (κ2) is 6.43. The first-order valence-electron chi connectivity index (χ1n) is 7.89. The van der Waals surface area contributed by atoms with Gasteiger partial charge < -0.3 is 0 Å². The van der Waals surface area contributed by atoms with Crippen molar-refractivity contribution >= 4 is 28.7 Å². The third-order valence-electron chi connectivity index (χ3n) is 4.07. The maximum absolute atomic E-state index is 5.79. The van der Waals surface area contributed by atoms with Crippen molar-refractivity contribution in [2.75, 3.05) is 9.91 Å². The summed E-state index contributed by atoms with van der Waals surface area (Å²) in [7, 11) is 0. The molecule has 0 spiro atoms. The van der Waals surface area contributed by atoms with Crippen LogP contribution in [0.15, 0.2) is 91.0 Å². The zero-order valence-corrected chi connectivity index (χ0v) is 13.9. The predicted octanol–water partition coefficient (Wildman–Crippen LogP) is 4.50. The minimum atomic E-state index is -0.0405. The van der Waals surface area contributed by atoms with E-state index >= 15 is 0 Å². The van der Waals surface area contributed by atoms with Crippen LogP contribution in [0, 0.1) is 0 Å². The number of nitrogens with one attached hydrogen (secondary N) is 1. The number of nitrogens with zero attached hydrogens (tertiary/aromatic N) is 2. The van der Waals surface area contributed by atoms with Crippen molar-refractivity contribution in [2.45, 2.75) is 6.17 Å². The van der Waals surface area contributed by atoms with Crippen LogP contribution in [0.2, 0.25) is 0 Å². The van der Waals surface area contributed by atoms with Crippen LogP contribution in [0.1, 0.15) is 11.7 Å². The van der Waals surface area contributed by atoms with Gasteiger partial charge in [0.15, 0.2) is 5.11 Å². The van der Waals surface area contributed by atoms with Crippen molar-refractivity contribution in [1.29, 1.82) is 0 Å². The Bertz CT molecular complexity index is 821. The molecule has 1 unspecified atom stereocenters. The summed E-state index contributed by atoms with van der Waals surface area (Å²) < 4.78 is 0. The first kappa shape index (κ1) is 14.9. The van der Waals surface area contributed by atoms with Crippen LogP contribution >= 0.6 is 12.2 Å². The number of rotatable bonds is 3. The summed E-state index contributed by atoms with van der Waals surface area (Å²) in [6, 6.07) is 30.7. The highest BCUT2D eigenvalue weighted by molar-refractivity contribution is 7.80. The standard InChI is InChI=1S/C20H17N3S/c24-20-22(17-12-6-2-7-13-17)19(16-10-4-1-5-11-16)21-23(20)18-14-8-3-9-15-18/h1-15,19,21H. The second-order valence-electron chi connectivity index (χ2n) is 5.60. The van der Waals surface area contributed by atoms with Crippen LogP contribution in [-0.2, 0) is 0 Å². The number of para-hydroxylation sites is 2. The highest BCUT2D eigenvalue weighted by Crippen LogP contribution is 2.33. The van der Waals surface area contributed by atoms with E-state index < -0.39 is 0 Å². The van der Waals surface area contributed by atoms with E-state index in [1.807, 2.05) is 47.5 Å². The van der Waals surface area contributed by atoms with Gasteiger partial charge in [0.25, 0.3) is 0 Å². The predicted molar refractivity (Wildman–Crippen MR) is 103 cm³/mol. The van der Waals surface area contributed by atoms with Gasteiger partial charge in [0, 0.05) is 5.69 Å². The minimum absolute atomic E-state index is 0.0405. The number of thiocarbonyl (C=S) groups is 1. The average Bonchev–Trinajstić information content (AvgIpc) is 3.01. The fraction of sp³-hybridized carbons (Fsp3) is 0.0500. The van der Waals surface area contributed by atoms with Gasteiger partial charge in [-0.1, -0.05) is 66.7 Å². The molecule has 0 aliphatic carbocycles. The van der Waals surface area contributed by atoms with Crippen molar-refractivity contribution in [3.8, 4) is 0 Å². The van der Waals surface area contributed by atoms with E-state index in [9.17, 15) is 0 Å². The van der Waals surface area contributed by atoms with Crippen molar-refractivity contribution in [2.24, 2.45) is 0 Å². The fourth-order valence-corrected chi connectivity index (χ4v) is 3.29. The Balaban J connectivity index is 1.77. The molecule has 1 N–H and O–H groups in total. The van der Waals surface area contributed by atoms with Crippen LogP contribution in [0.5, 0.6) is 0 Å². The molecule has 0 bridgehead atoms. The van der Waals surface area contributed by atoms with Crippen LogP contribution in [0.3, 0.4) is 0 Å². The number of hydrogen-bond donors (Lipinski definition) is 1. The molecule has 3 aromatic rings. The van der Waals surface area contributed by atoms with E-state index in [-0.39, 0.29) is 6.17 Å². The van der Waals surface area contributed by atoms with Gasteiger partial charge in [-0.2, -0.15) is 0 Å². The lowest BCUT2D eigenvalue weighted by atomic mass is 10.1. The maximum Gasteiger partial charge on any atom is 0.197 e. The molecule has 3 aromatic carbocycles. The van der Waals surface area contributed by atoms with Crippen molar-refractivity contribution in [3.05, 3.63) is 96.6 Å². The summed E-state index contributed by atoms with van der Waals surface area (Å²) in [5.41, 5.74) is 6.81. The molecule has 0 amide bonds. The molecule has 0 saturated carbocycles. The Hall–Kier alpha value is -2.69. The smallest absolute Gasteiger partial charge is 0.197 e. The largest absolute Gasteiger partial charge is 0.296 e. The van der Waals surface area contributed by atoms with E-state index in [0.29, 0.717) is 0 Å². The quantitative estimate of drug-likeness (QED) is 0.712. The van der Waals surface area contributed by atoms with Gasteiger partial charge in [-0.3, -0.25) is 4.90 Å². The lowest BCUT2D eigenvalue weighted by molar-refractivity contribution is 0.624. The summed E-state index contributed by atoms with van der Waals surface area (Å²) >= 11 is 5.79. The fourth-order valence-electron chi connectivity index (χ4n) is 2.92. The molecule has 3 nitrogen and oxygen atoms in total. The Morgan fingerprint density at radius 3 is 1.75 bits per heavy atom. The molecule has 1 fully saturated rings. The molecule has 24 heavy (non-hydrogen) atoms. The summed E-state index contributed by atoms with van der Waals surface area (Å²) in [5.74, 6) is 0. The normalized spacial score (nSPS) is 17.3. The van der Waals surface area contributed by atoms with E-state index in [2.05, 4.69) is 58.9 Å². The Morgan fingerprint density at radius 2 is 1.17 bits per heavy atom. The number of hydrazine groups is 1. The first-order chi connectivity index (χ1) is 11.8. The SMILES string of the molecule is S=C1N(c2ccccc2)NC(c2ccccc2)N1c1ccccc1. The minimum Gasteiger partial charge on any atom is -0.296 e. The molecule has 1 heterocycles. The van der Waals surface area contributed by atoms with E-state index in [0.717, 1.165) is 16.5 Å². The van der Waals surface area contributed by atoms with Gasteiger partial charge >= 0.3 is 0 Å². The Kier molecular flexibility index (Phi) is 3.99. The molecule has 118 valence electrons. The highest BCUT2D eigenvalue weighted by atomic mass is 32.1. The topological polar surface area (TPSA) is 18.5 Å². The number of hydrogen-bond acceptors (Lipinski definition) is 2. The number of anilines is 2. The van der Waals surface area contributed by atoms with E-state index in [1.54, 1.807) is 0 Å². The highest BCUT2D eigenvalue weighted by Gasteiger charge is 2.36. The average molecular weight is 331 g/mol. The molecule has 4 rings (SSSR count). The van der Waals surface area contributed by atoms with Gasteiger partial charge in [0.1, 0.15) is 6.17 Å². The monoisotopic (exact) mass is 331 g/mol. The van der Waals surface area contributed by atoms with Crippen molar-refractivity contribution < 1.29 is 0 Å². The third-order valence-corrected chi connectivity index (χ3v) is 4.45. The van der Waals surface area contributed by atoms with E-state index in [1.165, 1.54) is 5.56 Å². The zero-order chi connectivity index (χ0) is 16.4. The maximum atomic E-state index is 5.79. The Morgan fingerprint density at radius 1 is 0.667 bits per heavy atom. The lowest BCUT2D eigenvalue weighted by Crippen LogP contribution is -2.35. The summed E-state index contributed by atoms with van der Waals surface area (Å²) in [5, 5.41) is 2.71.